The van der Waals surface area contributed by atoms with Crippen molar-refractivity contribution in [3.05, 3.63) is 64.7 Å². The van der Waals surface area contributed by atoms with Crippen LogP contribution in [-0.2, 0) is 4.43 Å². The topological polar surface area (TPSA) is 102 Å². The number of carbonyl (C=O) groups excluding carboxylic acids is 2. The summed E-state index contributed by atoms with van der Waals surface area (Å²) in [7, 11) is -0.194. The number of aliphatic hydroxyl groups excluding tert-OH is 1. The van der Waals surface area contributed by atoms with Gasteiger partial charge in [0.15, 0.2) is 0 Å². The van der Waals surface area contributed by atoms with Gasteiger partial charge in [-0.15, -0.1) is 0 Å². The van der Waals surface area contributed by atoms with Gasteiger partial charge in [0.2, 0.25) is 0 Å². The zero-order valence-corrected chi connectivity index (χ0v) is 23.0. The van der Waals surface area contributed by atoms with Gasteiger partial charge in [-0.2, -0.15) is 0 Å². The number of fused-ring (bicyclic) bond motifs is 1. The van der Waals surface area contributed by atoms with Crippen molar-refractivity contribution < 1.29 is 28.5 Å². The van der Waals surface area contributed by atoms with E-state index in [0.29, 0.717) is 36.7 Å². The number of hydrogen-bond donors (Lipinski definition) is 3. The normalized spacial score (nSPS) is 15.7. The van der Waals surface area contributed by atoms with Crippen LogP contribution in [0.3, 0.4) is 0 Å². The molecule has 188 valence electrons. The predicted octanol–water partition coefficient (Wildman–Crippen LogP) is 2.69. The predicted molar refractivity (Wildman–Crippen MR) is 141 cm³/mol. The lowest BCUT2D eigenvalue weighted by Gasteiger charge is -2.19. The molecule has 8 nitrogen and oxygen atoms in total. The number of aliphatic hydroxyl groups is 1. The Morgan fingerprint density at radius 2 is 1.89 bits per heavy atom. The van der Waals surface area contributed by atoms with E-state index >= 15 is 0 Å². The van der Waals surface area contributed by atoms with Crippen LogP contribution in [0.25, 0.3) is 0 Å². The van der Waals surface area contributed by atoms with E-state index in [0.717, 1.165) is 39.3 Å². The first kappa shape index (κ1) is 27.2. The molecule has 0 saturated carbocycles. The van der Waals surface area contributed by atoms with E-state index < -0.39 is 8.56 Å². The standard InChI is InChI=1S/C25H32BrN3O5Si/c1-18-7-4-8-20(15-18)29(13-5-11-26)23(27-12-6-14-35(33,17-30)34-3)19-9-10-21-22(16-19)25(32)28(2)24(21)31/h4,7-10,15-16,30,33H,5-6,11-14,17H2,1-3H3/p+1. The highest BCUT2D eigenvalue weighted by Crippen LogP contribution is 2.24. The molecule has 1 aliphatic rings. The summed E-state index contributed by atoms with van der Waals surface area (Å²) < 4.78 is 7.34. The monoisotopic (exact) mass is 562 g/mol. The molecular weight excluding hydrogens is 530 g/mol. The van der Waals surface area contributed by atoms with Gasteiger partial charge in [0.1, 0.15) is 5.69 Å². The van der Waals surface area contributed by atoms with Crippen LogP contribution in [0, 0.1) is 6.92 Å². The zero-order chi connectivity index (χ0) is 25.6. The van der Waals surface area contributed by atoms with E-state index in [2.05, 4.69) is 31.9 Å². The lowest BCUT2D eigenvalue weighted by atomic mass is 10.0. The molecule has 0 aliphatic carbocycles. The third-order valence-corrected chi connectivity index (χ3v) is 9.07. The number of hydrogen-bond acceptors (Lipinski definition) is 5. The molecule has 35 heavy (non-hydrogen) atoms. The second-order valence-electron chi connectivity index (χ2n) is 8.65. The SMILES string of the molecule is CO[Si](O)(CO)CCCNC(c1ccc2c(c1)C(=O)N(C)C2=O)=[N+](CCCBr)c1cccc(C)c1. The number of halogens is 1. The van der Waals surface area contributed by atoms with Crippen molar-refractivity contribution in [1.82, 2.24) is 10.2 Å². The molecule has 1 unspecified atom stereocenters. The van der Waals surface area contributed by atoms with Crippen LogP contribution in [0.2, 0.25) is 6.04 Å². The lowest BCUT2D eigenvalue weighted by Crippen LogP contribution is -2.43. The molecule has 1 atom stereocenters. The molecule has 2 aromatic carbocycles. The fraction of sp³-hybridized carbons (Fsp3) is 0.400. The minimum Gasteiger partial charge on any atom is -0.409 e. The Kier molecular flexibility index (Phi) is 9.37. The van der Waals surface area contributed by atoms with Crippen molar-refractivity contribution in [1.29, 1.82) is 0 Å². The van der Waals surface area contributed by atoms with Crippen LogP contribution in [0.4, 0.5) is 5.69 Å². The number of amidine groups is 1. The van der Waals surface area contributed by atoms with Crippen LogP contribution in [-0.4, -0.2) is 84.4 Å². The van der Waals surface area contributed by atoms with Gasteiger partial charge in [0.05, 0.1) is 36.0 Å². The number of benzene rings is 2. The number of alkyl halides is 1. The van der Waals surface area contributed by atoms with Gasteiger partial charge in [0, 0.05) is 19.5 Å². The molecule has 3 N–H and O–H groups in total. The van der Waals surface area contributed by atoms with Crippen molar-refractivity contribution in [2.24, 2.45) is 0 Å². The molecule has 0 aromatic heterocycles. The van der Waals surface area contributed by atoms with Gasteiger partial charge in [-0.25, -0.2) is 4.58 Å². The van der Waals surface area contributed by atoms with Crippen LogP contribution >= 0.6 is 15.9 Å². The van der Waals surface area contributed by atoms with Gasteiger partial charge >= 0.3 is 8.56 Å². The fourth-order valence-corrected chi connectivity index (χ4v) is 5.53. The van der Waals surface area contributed by atoms with Crippen molar-refractivity contribution >= 4 is 47.8 Å². The summed E-state index contributed by atoms with van der Waals surface area (Å²) in [6, 6.07) is 13.9. The van der Waals surface area contributed by atoms with E-state index in [-0.39, 0.29) is 18.0 Å². The minimum atomic E-state index is -3.11. The number of carbonyl (C=O) groups is 2. The third-order valence-electron chi connectivity index (χ3n) is 6.13. The Hall–Kier alpha value is -2.37. The number of nitrogens with one attached hydrogen (secondary N) is 1. The van der Waals surface area contributed by atoms with Crippen LogP contribution in [0.1, 0.15) is 44.7 Å². The maximum absolute atomic E-state index is 12.7. The van der Waals surface area contributed by atoms with Gasteiger partial charge in [-0.05, 0) is 61.7 Å². The maximum Gasteiger partial charge on any atom is 0.361 e. The van der Waals surface area contributed by atoms with Gasteiger partial charge in [0.25, 0.3) is 17.6 Å². The van der Waals surface area contributed by atoms with Crippen LogP contribution in [0.15, 0.2) is 42.5 Å². The molecule has 3 rings (SSSR count). The molecule has 0 bridgehead atoms. The van der Waals surface area contributed by atoms with Crippen molar-refractivity contribution in [3.63, 3.8) is 0 Å². The second kappa shape index (κ2) is 12.0. The van der Waals surface area contributed by atoms with E-state index in [9.17, 15) is 19.5 Å². The molecule has 0 fully saturated rings. The highest BCUT2D eigenvalue weighted by atomic mass is 79.9. The molecule has 2 aromatic rings. The van der Waals surface area contributed by atoms with Crippen molar-refractivity contribution in [3.8, 4) is 0 Å². The Labute approximate surface area is 215 Å². The summed E-state index contributed by atoms with van der Waals surface area (Å²) in [6.45, 7) is 3.28. The van der Waals surface area contributed by atoms with E-state index in [1.807, 2.05) is 31.2 Å². The quantitative estimate of drug-likeness (QED) is 0.0740. The summed E-state index contributed by atoms with van der Waals surface area (Å²) in [4.78, 5) is 36.6. The maximum atomic E-state index is 12.7. The summed E-state index contributed by atoms with van der Waals surface area (Å²) in [5.41, 5.74) is 3.72. The highest BCUT2D eigenvalue weighted by Gasteiger charge is 2.34. The Morgan fingerprint density at radius 3 is 2.54 bits per heavy atom. The summed E-state index contributed by atoms with van der Waals surface area (Å²) >= 11 is 3.53. The van der Waals surface area contributed by atoms with Crippen molar-refractivity contribution in [2.45, 2.75) is 25.8 Å². The second-order valence-corrected chi connectivity index (χ2v) is 12.6. The molecule has 0 radical (unpaired) electrons. The lowest BCUT2D eigenvalue weighted by molar-refractivity contribution is -0.442. The highest BCUT2D eigenvalue weighted by molar-refractivity contribution is 9.09. The molecule has 10 heteroatoms. The van der Waals surface area contributed by atoms with Gasteiger partial charge in [-0.1, -0.05) is 28.1 Å². The average molecular weight is 564 g/mol. The van der Waals surface area contributed by atoms with Gasteiger partial charge < -0.3 is 14.3 Å². The van der Waals surface area contributed by atoms with E-state index in [4.69, 9.17) is 4.43 Å². The average Bonchev–Trinajstić information content (AvgIpc) is 3.08. The number of imide groups is 1. The largest absolute Gasteiger partial charge is 0.409 e. The van der Waals surface area contributed by atoms with Crippen LogP contribution in [0.5, 0.6) is 0 Å². The van der Waals surface area contributed by atoms with E-state index in [1.54, 1.807) is 12.1 Å². The van der Waals surface area contributed by atoms with Crippen molar-refractivity contribution in [2.75, 3.05) is 38.8 Å². The minimum absolute atomic E-state index is 0.297. The third kappa shape index (κ3) is 6.25. The summed E-state index contributed by atoms with van der Waals surface area (Å²) in [5, 5.41) is 13.8. The number of aryl methyl sites for hydroxylation is 1. The molecule has 1 aliphatic heterocycles. The molecule has 0 saturated heterocycles. The Morgan fingerprint density at radius 1 is 1.14 bits per heavy atom. The summed E-state index contributed by atoms with van der Waals surface area (Å²) in [5.74, 6) is 0.197. The number of nitrogens with zero attached hydrogens (tertiary/aromatic N) is 2. The molecule has 2 amide bonds. The molecular formula is C25H33BrN3O5Si+. The first-order chi connectivity index (χ1) is 16.7. The molecule has 0 spiro atoms. The van der Waals surface area contributed by atoms with Crippen LogP contribution < -0.4 is 5.32 Å². The Balaban J connectivity index is 2.04. The smallest absolute Gasteiger partial charge is 0.361 e. The first-order valence-electron chi connectivity index (χ1n) is 11.6. The van der Waals surface area contributed by atoms with E-state index in [1.165, 1.54) is 14.2 Å². The number of amides is 2. The molecule has 1 heterocycles. The number of rotatable bonds is 11. The first-order valence-corrected chi connectivity index (χ1v) is 15.0. The van der Waals surface area contributed by atoms with Gasteiger partial charge in [-0.3, -0.25) is 19.8 Å². The Bertz CT molecular complexity index is 1120. The fourth-order valence-electron chi connectivity index (χ4n) is 4.06. The summed E-state index contributed by atoms with van der Waals surface area (Å²) in [6.07, 6.45) is 1.12. The zero-order valence-electron chi connectivity index (χ0n) is 20.4.